The summed E-state index contributed by atoms with van der Waals surface area (Å²) in [5.74, 6) is 0. The van der Waals surface area contributed by atoms with Crippen LogP contribution in [0.5, 0.6) is 0 Å². The number of para-hydroxylation sites is 1. The topological polar surface area (TPSA) is 51.6 Å². The molecule has 0 fully saturated rings. The van der Waals surface area contributed by atoms with Crippen LogP contribution in [0.2, 0.25) is 0 Å². The van der Waals surface area contributed by atoms with Crippen LogP contribution < -0.4 is 0 Å². The van der Waals surface area contributed by atoms with Gasteiger partial charge in [0.2, 0.25) is 0 Å². The molecule has 5 aromatic carbocycles. The lowest BCUT2D eigenvalue weighted by Crippen LogP contribution is -1.94. The zero-order valence-electron chi connectivity index (χ0n) is 26.0. The highest BCUT2D eigenvalue weighted by Gasteiger charge is 2.15. The molecular weight excluding hydrogens is 585 g/mol. The van der Waals surface area contributed by atoms with E-state index in [0.717, 1.165) is 67.2 Å². The first kappa shape index (κ1) is 27.8. The Morgan fingerprint density at radius 2 is 0.917 bits per heavy atom. The minimum atomic E-state index is 0.808. The van der Waals surface area contributed by atoms with Gasteiger partial charge in [-0.05, 0) is 87.6 Å². The van der Waals surface area contributed by atoms with E-state index in [1.165, 1.54) is 21.5 Å². The second kappa shape index (κ2) is 11.7. The van der Waals surface area contributed by atoms with Crippen molar-refractivity contribution in [2.24, 2.45) is 0 Å². The van der Waals surface area contributed by atoms with E-state index in [1.807, 2.05) is 36.4 Å². The molecule has 0 aliphatic rings. The summed E-state index contributed by atoms with van der Waals surface area (Å²) >= 11 is 0. The van der Waals surface area contributed by atoms with Crippen LogP contribution in [0.15, 0.2) is 170 Å². The Morgan fingerprint density at radius 1 is 0.333 bits per heavy atom. The van der Waals surface area contributed by atoms with Gasteiger partial charge in [0, 0.05) is 34.1 Å². The predicted octanol–water partition coefficient (Wildman–Crippen LogP) is 11.1. The van der Waals surface area contributed by atoms with Crippen molar-refractivity contribution in [2.75, 3.05) is 0 Å². The summed E-state index contributed by atoms with van der Waals surface area (Å²) in [6.07, 6.45) is 3.60. The van der Waals surface area contributed by atoms with Gasteiger partial charge in [-0.2, -0.15) is 0 Å². The van der Waals surface area contributed by atoms with Gasteiger partial charge in [0.25, 0.3) is 0 Å². The monoisotopic (exact) mass is 612 g/mol. The van der Waals surface area contributed by atoms with Gasteiger partial charge in [-0.1, -0.05) is 103 Å². The van der Waals surface area contributed by atoms with E-state index in [-0.39, 0.29) is 0 Å². The highest BCUT2D eigenvalue weighted by atomic mass is 14.8. The molecule has 0 saturated heterocycles. The van der Waals surface area contributed by atoms with Gasteiger partial charge < -0.3 is 0 Å². The molecule has 0 bridgehead atoms. The molecule has 4 heteroatoms. The van der Waals surface area contributed by atoms with Crippen molar-refractivity contribution in [1.82, 2.24) is 19.9 Å². The zero-order chi connectivity index (χ0) is 31.9. The third kappa shape index (κ3) is 4.97. The maximum Gasteiger partial charge on any atom is 0.0900 e. The molecule has 224 valence electrons. The molecule has 0 saturated carbocycles. The molecule has 0 aliphatic heterocycles. The largest absolute Gasteiger partial charge is 0.255 e. The molecule has 48 heavy (non-hydrogen) atoms. The Labute approximate surface area is 278 Å². The van der Waals surface area contributed by atoms with E-state index in [1.54, 1.807) is 12.4 Å². The Hall–Kier alpha value is -6.52. The molecule has 0 amide bonds. The van der Waals surface area contributed by atoms with Gasteiger partial charge in [-0.15, -0.1) is 0 Å². The number of hydrogen-bond acceptors (Lipinski definition) is 4. The first-order chi connectivity index (χ1) is 23.8. The number of rotatable bonds is 5. The maximum absolute atomic E-state index is 5.24. The minimum Gasteiger partial charge on any atom is -0.255 e. The van der Waals surface area contributed by atoms with Crippen molar-refractivity contribution in [3.05, 3.63) is 170 Å². The molecule has 4 aromatic heterocycles. The van der Waals surface area contributed by atoms with Gasteiger partial charge in [0.05, 0.1) is 34.0 Å². The molecule has 4 heterocycles. The second-order valence-electron chi connectivity index (χ2n) is 11.9. The molecule has 0 aliphatic carbocycles. The van der Waals surface area contributed by atoms with E-state index in [4.69, 9.17) is 9.97 Å². The van der Waals surface area contributed by atoms with Crippen LogP contribution in [0.25, 0.3) is 88.7 Å². The summed E-state index contributed by atoms with van der Waals surface area (Å²) in [6, 6.07) is 54.9. The Balaban J connectivity index is 1.18. The summed E-state index contributed by atoms with van der Waals surface area (Å²) in [5, 5.41) is 6.03. The van der Waals surface area contributed by atoms with E-state index >= 15 is 0 Å². The first-order valence-electron chi connectivity index (χ1n) is 16.0. The Kier molecular flexibility index (Phi) is 6.76. The van der Waals surface area contributed by atoms with E-state index in [9.17, 15) is 0 Å². The lowest BCUT2D eigenvalue weighted by molar-refractivity contribution is 1.22. The first-order valence-corrected chi connectivity index (χ1v) is 16.0. The smallest absolute Gasteiger partial charge is 0.0900 e. The molecule has 0 unspecified atom stereocenters. The molecule has 4 nitrogen and oxygen atoms in total. The van der Waals surface area contributed by atoms with Gasteiger partial charge in [-0.25, -0.2) is 9.97 Å². The third-order valence-electron chi connectivity index (χ3n) is 8.94. The summed E-state index contributed by atoms with van der Waals surface area (Å²) in [6.45, 7) is 0. The molecular formula is C44H28N4. The predicted molar refractivity (Wildman–Crippen MR) is 197 cm³/mol. The summed E-state index contributed by atoms with van der Waals surface area (Å²) in [7, 11) is 0. The molecule has 0 atom stereocenters. The Bertz CT molecular complexity index is 2540. The van der Waals surface area contributed by atoms with E-state index < -0.39 is 0 Å². The van der Waals surface area contributed by atoms with Crippen LogP contribution in [0.4, 0.5) is 0 Å². The molecule has 0 radical (unpaired) electrons. The average molecular weight is 613 g/mol. The van der Waals surface area contributed by atoms with Crippen molar-refractivity contribution < 1.29 is 0 Å². The summed E-state index contributed by atoms with van der Waals surface area (Å²) in [4.78, 5) is 19.4. The van der Waals surface area contributed by atoms with Gasteiger partial charge >= 0.3 is 0 Å². The molecule has 9 aromatic rings. The van der Waals surface area contributed by atoms with Gasteiger partial charge in [0.1, 0.15) is 0 Å². The van der Waals surface area contributed by atoms with Crippen LogP contribution in [-0.4, -0.2) is 19.9 Å². The number of benzene rings is 5. The summed E-state index contributed by atoms with van der Waals surface area (Å²) in [5.41, 5.74) is 10.7. The minimum absolute atomic E-state index is 0.808. The number of aromatic nitrogens is 4. The standard InChI is InChI=1S/C44H28N4/c1-2-16-35-29(11-1)21-22-37-43(35)36-17-3-4-18-38(36)48-44(37)33-15-10-13-31(26-33)30-12-9-14-32(25-30)34-27-41(39-19-5-7-23-45-39)47-42(28-34)40-20-6-8-24-46-40/h1-28H. The van der Waals surface area contributed by atoms with Crippen LogP contribution in [-0.2, 0) is 0 Å². The van der Waals surface area contributed by atoms with Crippen molar-refractivity contribution in [2.45, 2.75) is 0 Å². The zero-order valence-corrected chi connectivity index (χ0v) is 26.0. The lowest BCUT2D eigenvalue weighted by Gasteiger charge is -2.14. The second-order valence-corrected chi connectivity index (χ2v) is 11.9. The fourth-order valence-electron chi connectivity index (χ4n) is 6.65. The lowest BCUT2D eigenvalue weighted by atomic mass is 9.93. The van der Waals surface area contributed by atoms with Crippen LogP contribution in [0, 0.1) is 0 Å². The normalized spacial score (nSPS) is 11.3. The number of fused-ring (bicyclic) bond motifs is 5. The van der Waals surface area contributed by atoms with Crippen molar-refractivity contribution in [3.8, 4) is 56.3 Å². The third-order valence-corrected chi connectivity index (χ3v) is 8.94. The van der Waals surface area contributed by atoms with Crippen LogP contribution >= 0.6 is 0 Å². The van der Waals surface area contributed by atoms with Gasteiger partial charge in [0.15, 0.2) is 0 Å². The average Bonchev–Trinajstić information content (AvgIpc) is 3.18. The fraction of sp³-hybridized carbons (Fsp3) is 0. The SMILES string of the molecule is c1ccc(-c2cc(-c3cccc(-c4cccc(-c5nc6ccccc6c6c5ccc5ccccc56)c4)c3)cc(-c3ccccn3)n2)nc1. The maximum atomic E-state index is 5.24. The highest BCUT2D eigenvalue weighted by Crippen LogP contribution is 2.38. The number of pyridine rings is 4. The number of nitrogens with zero attached hydrogens (tertiary/aromatic N) is 4. The van der Waals surface area contributed by atoms with Crippen LogP contribution in [0.3, 0.4) is 0 Å². The summed E-state index contributed by atoms with van der Waals surface area (Å²) < 4.78 is 0. The van der Waals surface area contributed by atoms with E-state index in [2.05, 4.69) is 131 Å². The van der Waals surface area contributed by atoms with Gasteiger partial charge in [-0.3, -0.25) is 9.97 Å². The highest BCUT2D eigenvalue weighted by molar-refractivity contribution is 6.22. The Morgan fingerprint density at radius 3 is 1.60 bits per heavy atom. The quantitative estimate of drug-likeness (QED) is 0.181. The van der Waals surface area contributed by atoms with E-state index in [0.29, 0.717) is 0 Å². The molecule has 0 spiro atoms. The molecule has 9 rings (SSSR count). The van der Waals surface area contributed by atoms with Crippen molar-refractivity contribution >= 4 is 32.4 Å². The molecule has 0 N–H and O–H groups in total. The number of hydrogen-bond donors (Lipinski definition) is 0. The fourth-order valence-corrected chi connectivity index (χ4v) is 6.65. The van der Waals surface area contributed by atoms with Crippen LogP contribution in [0.1, 0.15) is 0 Å². The van der Waals surface area contributed by atoms with Crippen molar-refractivity contribution in [3.63, 3.8) is 0 Å². The van der Waals surface area contributed by atoms with Crippen molar-refractivity contribution in [1.29, 1.82) is 0 Å².